The highest BCUT2D eigenvalue weighted by atomic mass is 19.1. The summed E-state index contributed by atoms with van der Waals surface area (Å²) in [6, 6.07) is 12.2. The number of nitrogens with one attached hydrogen (secondary N) is 1. The van der Waals surface area contributed by atoms with Crippen molar-refractivity contribution in [1.29, 1.82) is 0 Å². The molecule has 38 heavy (non-hydrogen) atoms. The van der Waals surface area contributed by atoms with Crippen LogP contribution in [0.25, 0.3) is 11.3 Å². The number of halogens is 2. The Morgan fingerprint density at radius 2 is 2.00 bits per heavy atom. The van der Waals surface area contributed by atoms with Gasteiger partial charge in [0.05, 0.1) is 11.3 Å². The minimum Gasteiger partial charge on any atom is -0.384 e. The zero-order valence-corrected chi connectivity index (χ0v) is 22.2. The largest absolute Gasteiger partial charge is 0.384 e. The van der Waals surface area contributed by atoms with Gasteiger partial charge in [-0.25, -0.2) is 13.8 Å². The number of hydrogen-bond acceptors (Lipinski definition) is 5. The van der Waals surface area contributed by atoms with E-state index in [1.165, 1.54) is 6.92 Å². The Morgan fingerprint density at radius 1 is 1.26 bits per heavy atom. The highest BCUT2D eigenvalue weighted by Gasteiger charge is 2.43. The van der Waals surface area contributed by atoms with Crippen LogP contribution in [0, 0.1) is 24.0 Å². The Labute approximate surface area is 222 Å². The second kappa shape index (κ2) is 11.7. The molecule has 0 spiro atoms. The number of rotatable bonds is 10. The van der Waals surface area contributed by atoms with E-state index in [1.54, 1.807) is 18.2 Å². The van der Waals surface area contributed by atoms with Crippen molar-refractivity contribution in [2.45, 2.75) is 45.1 Å². The van der Waals surface area contributed by atoms with Crippen molar-refractivity contribution in [3.63, 3.8) is 0 Å². The smallest absolute Gasteiger partial charge is 0.251 e. The van der Waals surface area contributed by atoms with Crippen molar-refractivity contribution in [2.75, 3.05) is 26.7 Å². The molecule has 2 heterocycles. The van der Waals surface area contributed by atoms with Crippen LogP contribution >= 0.6 is 0 Å². The lowest BCUT2D eigenvalue weighted by Gasteiger charge is -2.42. The minimum atomic E-state index is -1.25. The summed E-state index contributed by atoms with van der Waals surface area (Å²) >= 11 is 0. The zero-order chi connectivity index (χ0) is 27.4. The fourth-order valence-corrected chi connectivity index (χ4v) is 4.87. The molecular weight excluding hydrogens is 490 g/mol. The highest BCUT2D eigenvalue weighted by molar-refractivity contribution is 5.81. The molecular formula is C29H35F2N4O3. The first-order valence-electron chi connectivity index (χ1n) is 12.7. The van der Waals surface area contributed by atoms with Gasteiger partial charge in [0.25, 0.3) is 5.91 Å². The first-order chi connectivity index (χ1) is 18.1. The van der Waals surface area contributed by atoms with Crippen LogP contribution in [0.4, 0.5) is 8.78 Å². The summed E-state index contributed by atoms with van der Waals surface area (Å²) in [5, 5.41) is 13.7. The standard InChI is InChI=1S/C29H35F2N4O3/c1-19(36)28(37)35(17-21-12-13-32-15-21)26(29(2,3)38-4)27-33-25(23-14-22(30)10-11-24(23)31)18-34(27)16-20-8-6-5-7-9-20/h5-12,14,18-19,21,26,32,36H,13,15-17H2,1-4H3/t19-,21-,26-/m0/s1. The third-order valence-electron chi connectivity index (χ3n) is 7.02. The van der Waals surface area contributed by atoms with Crippen LogP contribution in [-0.2, 0) is 16.1 Å². The first kappa shape index (κ1) is 27.9. The lowest BCUT2D eigenvalue weighted by molar-refractivity contribution is -0.151. The fraction of sp³-hybridized carbons (Fsp3) is 0.414. The summed E-state index contributed by atoms with van der Waals surface area (Å²) in [6.45, 7) is 7.27. The molecule has 1 fully saturated rings. The van der Waals surface area contributed by atoms with Crippen molar-refractivity contribution in [3.05, 3.63) is 84.2 Å². The van der Waals surface area contributed by atoms with E-state index in [4.69, 9.17) is 9.72 Å². The molecule has 7 nitrogen and oxygen atoms in total. The number of imidazole rings is 1. The maximum Gasteiger partial charge on any atom is 0.251 e. The predicted octanol–water partition coefficient (Wildman–Crippen LogP) is 3.98. The van der Waals surface area contributed by atoms with Crippen LogP contribution in [0.3, 0.4) is 0 Å². The molecule has 2 N–H and O–H groups in total. The quantitative estimate of drug-likeness (QED) is 0.419. The summed E-state index contributed by atoms with van der Waals surface area (Å²) in [6.07, 6.45) is 2.52. The van der Waals surface area contributed by atoms with Gasteiger partial charge in [0, 0.05) is 32.0 Å². The van der Waals surface area contributed by atoms with E-state index in [2.05, 4.69) is 11.7 Å². The molecule has 0 unspecified atom stereocenters. The third kappa shape index (κ3) is 6.11. The second-order valence-corrected chi connectivity index (χ2v) is 10.3. The summed E-state index contributed by atoms with van der Waals surface area (Å²) in [5.41, 5.74) is 0.277. The van der Waals surface area contributed by atoms with Crippen molar-refractivity contribution in [3.8, 4) is 11.3 Å². The number of amides is 1. The van der Waals surface area contributed by atoms with E-state index in [1.807, 2.05) is 48.7 Å². The average molecular weight is 526 g/mol. The second-order valence-electron chi connectivity index (χ2n) is 10.3. The lowest BCUT2D eigenvalue weighted by Crippen LogP contribution is -2.52. The van der Waals surface area contributed by atoms with E-state index < -0.39 is 35.3 Å². The van der Waals surface area contributed by atoms with Crippen LogP contribution in [-0.4, -0.2) is 63.9 Å². The molecule has 1 aliphatic heterocycles. The SMILES string of the molecule is COC(C)(C)[C@H](c1nc(-c2cc(F)ccc2F)cn1Cc1ccccc1)N(C[C@H]1[CH]CNC1)C(=O)[C@H](C)O. The Morgan fingerprint density at radius 3 is 2.63 bits per heavy atom. The van der Waals surface area contributed by atoms with Gasteiger partial charge >= 0.3 is 0 Å². The molecule has 2 aromatic carbocycles. The van der Waals surface area contributed by atoms with Crippen molar-refractivity contribution < 1.29 is 23.4 Å². The van der Waals surface area contributed by atoms with E-state index in [-0.39, 0.29) is 17.2 Å². The number of methoxy groups -OCH3 is 1. The van der Waals surface area contributed by atoms with Gasteiger partial charge in [-0.3, -0.25) is 4.79 Å². The van der Waals surface area contributed by atoms with Crippen LogP contribution in [0.15, 0.2) is 54.7 Å². The maximum absolute atomic E-state index is 14.8. The van der Waals surface area contributed by atoms with Crippen molar-refractivity contribution >= 4 is 5.91 Å². The van der Waals surface area contributed by atoms with Gasteiger partial charge in [-0.1, -0.05) is 30.3 Å². The van der Waals surface area contributed by atoms with Gasteiger partial charge < -0.3 is 24.6 Å². The Kier molecular flexibility index (Phi) is 8.60. The fourth-order valence-electron chi connectivity index (χ4n) is 4.87. The van der Waals surface area contributed by atoms with E-state index >= 15 is 0 Å². The number of hydrogen-bond donors (Lipinski definition) is 2. The molecule has 1 radical (unpaired) electrons. The Balaban J connectivity index is 1.90. The molecule has 0 bridgehead atoms. The molecule has 203 valence electrons. The number of aliphatic hydroxyl groups excluding tert-OH is 1. The van der Waals surface area contributed by atoms with Gasteiger partial charge in [-0.15, -0.1) is 0 Å². The highest BCUT2D eigenvalue weighted by Crippen LogP contribution is 2.37. The normalized spacial score (nSPS) is 17.4. The van der Waals surface area contributed by atoms with E-state index in [9.17, 15) is 18.7 Å². The number of benzene rings is 2. The zero-order valence-electron chi connectivity index (χ0n) is 22.2. The summed E-state index contributed by atoms with van der Waals surface area (Å²) in [4.78, 5) is 19.9. The topological polar surface area (TPSA) is 79.6 Å². The molecule has 9 heteroatoms. The number of ether oxygens (including phenoxy) is 1. The number of aliphatic hydroxyl groups is 1. The minimum absolute atomic E-state index is 0.0220. The van der Waals surface area contributed by atoms with Gasteiger partial charge in [0.15, 0.2) is 0 Å². The monoisotopic (exact) mass is 525 g/mol. The van der Waals surface area contributed by atoms with Crippen LogP contribution in [0.5, 0.6) is 0 Å². The van der Waals surface area contributed by atoms with Gasteiger partial charge in [0.2, 0.25) is 0 Å². The van der Waals surface area contributed by atoms with Gasteiger partial charge in [-0.05, 0) is 70.0 Å². The van der Waals surface area contributed by atoms with Crippen LogP contribution < -0.4 is 5.32 Å². The first-order valence-corrected chi connectivity index (χ1v) is 12.7. The molecule has 1 aromatic heterocycles. The molecule has 0 saturated carbocycles. The summed E-state index contributed by atoms with van der Waals surface area (Å²) < 4.78 is 36.7. The molecule has 3 atom stereocenters. The molecule has 1 saturated heterocycles. The number of aromatic nitrogens is 2. The summed E-state index contributed by atoms with van der Waals surface area (Å²) in [5.74, 6) is -1.14. The Hall–Kier alpha value is -3.14. The van der Waals surface area contributed by atoms with Crippen molar-refractivity contribution in [1.82, 2.24) is 19.8 Å². The molecule has 1 amide bonds. The molecule has 4 rings (SSSR count). The number of carbonyl (C=O) groups excluding carboxylic acids is 1. The van der Waals surface area contributed by atoms with Crippen LogP contribution in [0.2, 0.25) is 0 Å². The molecule has 0 aliphatic carbocycles. The number of carbonyl (C=O) groups is 1. The van der Waals surface area contributed by atoms with E-state index in [0.29, 0.717) is 25.5 Å². The molecule has 3 aromatic rings. The van der Waals surface area contributed by atoms with Gasteiger partial charge in [0.1, 0.15) is 29.6 Å². The average Bonchev–Trinajstić information content (AvgIpc) is 3.55. The third-order valence-corrected chi connectivity index (χ3v) is 7.02. The maximum atomic E-state index is 14.8. The molecule has 1 aliphatic rings. The van der Waals surface area contributed by atoms with Crippen molar-refractivity contribution in [2.24, 2.45) is 5.92 Å². The predicted molar refractivity (Wildman–Crippen MR) is 141 cm³/mol. The summed E-state index contributed by atoms with van der Waals surface area (Å²) in [7, 11) is 1.55. The number of nitrogens with zero attached hydrogens (tertiary/aromatic N) is 3. The van der Waals surface area contributed by atoms with E-state index in [0.717, 1.165) is 30.3 Å². The van der Waals surface area contributed by atoms with Crippen LogP contribution in [0.1, 0.15) is 38.2 Å². The van der Waals surface area contributed by atoms with Gasteiger partial charge in [-0.2, -0.15) is 0 Å². The Bertz CT molecular complexity index is 1240. The lowest BCUT2D eigenvalue weighted by atomic mass is 9.93.